The van der Waals surface area contributed by atoms with Gasteiger partial charge in [0.2, 0.25) is 0 Å². The van der Waals surface area contributed by atoms with Crippen LogP contribution in [0.2, 0.25) is 0 Å². The number of hydrogen-bond acceptors (Lipinski definition) is 3. The minimum Gasteiger partial charge on any atom is -0.444 e. The van der Waals surface area contributed by atoms with Crippen LogP contribution < -0.4 is 0 Å². The summed E-state index contributed by atoms with van der Waals surface area (Å²) < 4.78 is 8.23. The molecule has 5 nitrogen and oxygen atoms in total. The minimum atomic E-state index is -0.477. The van der Waals surface area contributed by atoms with Crippen molar-refractivity contribution in [3.63, 3.8) is 0 Å². The highest BCUT2D eigenvalue weighted by Crippen LogP contribution is 2.31. The topological polar surface area (TPSA) is 47.4 Å². The Kier molecular flexibility index (Phi) is 3.64. The van der Waals surface area contributed by atoms with Gasteiger partial charge in [0.1, 0.15) is 10.2 Å². The van der Waals surface area contributed by atoms with Crippen molar-refractivity contribution in [2.45, 2.75) is 58.8 Å². The molecule has 2 atom stereocenters. The summed E-state index contributed by atoms with van der Waals surface area (Å²) in [6.07, 6.45) is -0.268. The summed E-state index contributed by atoms with van der Waals surface area (Å²) in [5, 5.41) is 4.37. The summed E-state index contributed by atoms with van der Waals surface area (Å²) in [4.78, 5) is 14.1. The van der Waals surface area contributed by atoms with Crippen LogP contribution in [0, 0.1) is 0 Å². The Bertz CT molecular complexity index is 493. The average molecular weight is 330 g/mol. The fourth-order valence-corrected chi connectivity index (χ4v) is 2.82. The molecule has 1 amide bonds. The third-order valence-corrected chi connectivity index (χ3v) is 3.53. The zero-order valence-corrected chi connectivity index (χ0v) is 13.6. The molecular weight excluding hydrogens is 310 g/mol. The van der Waals surface area contributed by atoms with Crippen molar-refractivity contribution in [1.29, 1.82) is 0 Å². The molecule has 0 aromatic carbocycles. The number of amides is 1. The van der Waals surface area contributed by atoms with Gasteiger partial charge < -0.3 is 4.74 Å². The van der Waals surface area contributed by atoms with E-state index >= 15 is 0 Å². The zero-order chi connectivity index (χ0) is 14.4. The molecule has 0 radical (unpaired) electrons. The van der Waals surface area contributed by atoms with Gasteiger partial charge >= 0.3 is 6.09 Å². The lowest BCUT2D eigenvalue weighted by molar-refractivity contribution is -0.000310. The second kappa shape index (κ2) is 4.81. The van der Waals surface area contributed by atoms with Crippen molar-refractivity contribution in [1.82, 2.24) is 14.7 Å². The Labute approximate surface area is 122 Å². The molecule has 1 aromatic rings. The van der Waals surface area contributed by atoms with Gasteiger partial charge in [-0.2, -0.15) is 5.10 Å². The monoisotopic (exact) mass is 329 g/mol. The van der Waals surface area contributed by atoms with Gasteiger partial charge in [0.15, 0.2) is 0 Å². The maximum atomic E-state index is 12.3. The Morgan fingerprint density at radius 1 is 1.47 bits per heavy atom. The fraction of sp³-hybridized carbons (Fsp3) is 0.692. The highest BCUT2D eigenvalue weighted by Gasteiger charge is 2.36. The Hall–Kier alpha value is -1.04. The molecule has 0 spiro atoms. The first-order chi connectivity index (χ1) is 8.69. The van der Waals surface area contributed by atoms with E-state index in [0.29, 0.717) is 6.54 Å². The van der Waals surface area contributed by atoms with Crippen molar-refractivity contribution < 1.29 is 9.53 Å². The summed E-state index contributed by atoms with van der Waals surface area (Å²) in [6, 6.07) is 1.97. The average Bonchev–Trinajstić information content (AvgIpc) is 2.55. The van der Waals surface area contributed by atoms with Crippen LogP contribution in [0.1, 0.15) is 46.4 Å². The molecule has 1 aliphatic heterocycles. The molecule has 1 aromatic heterocycles. The third-order valence-electron chi connectivity index (χ3n) is 3.14. The van der Waals surface area contributed by atoms with Crippen molar-refractivity contribution in [2.75, 3.05) is 0 Å². The van der Waals surface area contributed by atoms with Gasteiger partial charge in [-0.3, -0.25) is 9.58 Å². The van der Waals surface area contributed by atoms with Crippen molar-refractivity contribution in [3.8, 4) is 0 Å². The molecule has 6 heteroatoms. The molecule has 0 saturated carbocycles. The molecular formula is C13H20BrN3O2. The number of carbonyl (C=O) groups is 1. The molecule has 0 N–H and O–H groups in total. The van der Waals surface area contributed by atoms with Crippen LogP contribution in [-0.4, -0.2) is 32.4 Å². The first-order valence-corrected chi connectivity index (χ1v) is 7.23. The molecule has 0 saturated heterocycles. The molecule has 1 aliphatic rings. The van der Waals surface area contributed by atoms with Gasteiger partial charge in [-0.05, 0) is 56.6 Å². The highest BCUT2D eigenvalue weighted by molar-refractivity contribution is 9.10. The SMILES string of the molecule is CC1c2cc(Br)nn2C[C@H](C)N1C(=O)OC(C)(C)C. The van der Waals surface area contributed by atoms with E-state index in [9.17, 15) is 4.79 Å². The number of carbonyl (C=O) groups excluding carboxylic acids is 1. The summed E-state index contributed by atoms with van der Waals surface area (Å²) in [7, 11) is 0. The Morgan fingerprint density at radius 3 is 2.68 bits per heavy atom. The molecule has 2 rings (SSSR count). The van der Waals surface area contributed by atoms with Crippen LogP contribution >= 0.6 is 15.9 Å². The molecule has 2 heterocycles. The minimum absolute atomic E-state index is 0.0441. The van der Waals surface area contributed by atoms with Crippen LogP contribution in [-0.2, 0) is 11.3 Å². The lowest BCUT2D eigenvalue weighted by Crippen LogP contribution is -2.48. The molecule has 0 aliphatic carbocycles. The first kappa shape index (κ1) is 14.4. The maximum Gasteiger partial charge on any atom is 0.411 e. The second-order valence-electron chi connectivity index (χ2n) is 5.99. The van der Waals surface area contributed by atoms with Crippen LogP contribution in [0.4, 0.5) is 4.79 Å². The predicted octanol–water partition coefficient (Wildman–Crippen LogP) is 3.35. The number of nitrogens with zero attached hydrogens (tertiary/aromatic N) is 3. The molecule has 0 fully saturated rings. The lowest BCUT2D eigenvalue weighted by Gasteiger charge is -2.39. The predicted molar refractivity (Wildman–Crippen MR) is 75.9 cm³/mol. The second-order valence-corrected chi connectivity index (χ2v) is 6.80. The van der Waals surface area contributed by atoms with Gasteiger partial charge in [-0.15, -0.1) is 0 Å². The van der Waals surface area contributed by atoms with E-state index < -0.39 is 5.60 Å². The van der Waals surface area contributed by atoms with E-state index in [1.54, 1.807) is 4.90 Å². The third kappa shape index (κ3) is 2.94. The summed E-state index contributed by atoms with van der Waals surface area (Å²) >= 11 is 3.38. The number of hydrogen-bond donors (Lipinski definition) is 0. The summed E-state index contributed by atoms with van der Waals surface area (Å²) in [5.41, 5.74) is 0.547. The zero-order valence-electron chi connectivity index (χ0n) is 12.0. The quantitative estimate of drug-likeness (QED) is 0.733. The number of fused-ring (bicyclic) bond motifs is 1. The molecule has 19 heavy (non-hydrogen) atoms. The van der Waals surface area contributed by atoms with Crippen LogP contribution in [0.25, 0.3) is 0 Å². The van der Waals surface area contributed by atoms with Gasteiger partial charge in [-0.25, -0.2) is 4.79 Å². The lowest BCUT2D eigenvalue weighted by atomic mass is 10.1. The van der Waals surface area contributed by atoms with Gasteiger partial charge in [-0.1, -0.05) is 0 Å². The number of ether oxygens (including phenoxy) is 1. The maximum absolute atomic E-state index is 12.3. The normalized spacial score (nSPS) is 23.2. The van der Waals surface area contributed by atoms with E-state index in [-0.39, 0.29) is 18.2 Å². The van der Waals surface area contributed by atoms with Crippen LogP contribution in [0.3, 0.4) is 0 Å². The van der Waals surface area contributed by atoms with Crippen molar-refractivity contribution in [2.24, 2.45) is 0 Å². The summed E-state index contributed by atoms with van der Waals surface area (Å²) in [6.45, 7) is 10.3. The Balaban J connectivity index is 2.25. The van der Waals surface area contributed by atoms with Crippen molar-refractivity contribution in [3.05, 3.63) is 16.4 Å². The molecule has 0 bridgehead atoms. The van der Waals surface area contributed by atoms with E-state index in [1.165, 1.54) is 0 Å². The van der Waals surface area contributed by atoms with E-state index in [2.05, 4.69) is 21.0 Å². The van der Waals surface area contributed by atoms with Crippen LogP contribution in [0.5, 0.6) is 0 Å². The molecule has 106 valence electrons. The highest BCUT2D eigenvalue weighted by atomic mass is 79.9. The van der Waals surface area contributed by atoms with E-state index in [1.807, 2.05) is 45.4 Å². The number of rotatable bonds is 0. The standard InChI is InChI=1S/C13H20BrN3O2/c1-8-7-16-10(6-11(14)15-16)9(2)17(8)12(18)19-13(3,4)5/h6,8-9H,7H2,1-5H3/t8-,9?/m0/s1. The van der Waals surface area contributed by atoms with E-state index in [4.69, 9.17) is 4.74 Å². The summed E-state index contributed by atoms with van der Waals surface area (Å²) in [5.74, 6) is 0. The van der Waals surface area contributed by atoms with Gasteiger partial charge in [0.25, 0.3) is 0 Å². The number of halogens is 1. The first-order valence-electron chi connectivity index (χ1n) is 6.43. The van der Waals surface area contributed by atoms with Crippen LogP contribution in [0.15, 0.2) is 10.7 Å². The van der Waals surface area contributed by atoms with Gasteiger partial charge in [0.05, 0.1) is 24.3 Å². The smallest absolute Gasteiger partial charge is 0.411 e. The van der Waals surface area contributed by atoms with Crippen molar-refractivity contribution >= 4 is 22.0 Å². The largest absolute Gasteiger partial charge is 0.444 e. The fourth-order valence-electron chi connectivity index (χ4n) is 2.40. The van der Waals surface area contributed by atoms with E-state index in [0.717, 1.165) is 10.3 Å². The number of aromatic nitrogens is 2. The Morgan fingerprint density at radius 2 is 2.11 bits per heavy atom. The van der Waals surface area contributed by atoms with Gasteiger partial charge in [0, 0.05) is 0 Å². The molecule has 1 unspecified atom stereocenters.